The average molecular weight is 376 g/mol. The molecule has 140 valence electrons. The van der Waals surface area contributed by atoms with Gasteiger partial charge >= 0.3 is 5.97 Å². The Hall–Kier alpha value is -3.61. The van der Waals surface area contributed by atoms with Gasteiger partial charge in [-0.25, -0.2) is 18.9 Å². The first-order valence-corrected chi connectivity index (χ1v) is 8.82. The molecule has 0 bridgehead atoms. The van der Waals surface area contributed by atoms with Crippen LogP contribution in [0, 0.1) is 12.7 Å². The van der Waals surface area contributed by atoms with E-state index in [4.69, 9.17) is 9.72 Å². The molecule has 4 rings (SSSR count). The zero-order valence-electron chi connectivity index (χ0n) is 15.4. The van der Waals surface area contributed by atoms with Crippen LogP contribution in [0.1, 0.15) is 23.0 Å². The maximum Gasteiger partial charge on any atom is 0.339 e. The summed E-state index contributed by atoms with van der Waals surface area (Å²) in [5, 5.41) is 5.14. The third-order valence-corrected chi connectivity index (χ3v) is 4.34. The van der Waals surface area contributed by atoms with Gasteiger partial charge in [0.25, 0.3) is 0 Å². The number of benzene rings is 1. The van der Waals surface area contributed by atoms with Gasteiger partial charge in [0.1, 0.15) is 5.82 Å². The zero-order chi connectivity index (χ0) is 19.7. The van der Waals surface area contributed by atoms with E-state index in [1.165, 1.54) is 12.1 Å². The Bertz CT molecular complexity index is 1150. The lowest BCUT2D eigenvalue weighted by atomic mass is 10.1. The van der Waals surface area contributed by atoms with Crippen molar-refractivity contribution in [2.24, 2.45) is 0 Å². The Kier molecular flexibility index (Phi) is 4.57. The summed E-state index contributed by atoms with van der Waals surface area (Å²) < 4.78 is 20.2. The third-order valence-electron chi connectivity index (χ3n) is 4.34. The second kappa shape index (κ2) is 7.19. The van der Waals surface area contributed by atoms with Crippen LogP contribution in [0.5, 0.6) is 0 Å². The van der Waals surface area contributed by atoms with Crippen molar-refractivity contribution in [3.05, 3.63) is 71.9 Å². The average Bonchev–Trinajstić information content (AvgIpc) is 3.05. The van der Waals surface area contributed by atoms with E-state index in [1.807, 2.05) is 6.07 Å². The number of aryl methyl sites for hydroxylation is 1. The molecule has 0 radical (unpaired) electrons. The quantitative estimate of drug-likeness (QED) is 0.502. The molecule has 7 heteroatoms. The van der Waals surface area contributed by atoms with Gasteiger partial charge in [0.05, 0.1) is 34.6 Å². The summed E-state index contributed by atoms with van der Waals surface area (Å²) in [6.45, 7) is 3.82. The van der Waals surface area contributed by atoms with E-state index in [0.717, 1.165) is 5.56 Å². The van der Waals surface area contributed by atoms with Gasteiger partial charge in [-0.2, -0.15) is 5.10 Å². The normalized spacial score (nSPS) is 11.0. The number of pyridine rings is 2. The summed E-state index contributed by atoms with van der Waals surface area (Å²) in [4.78, 5) is 21.5. The first kappa shape index (κ1) is 17.8. The number of halogens is 1. The molecule has 1 aromatic carbocycles. The topological polar surface area (TPSA) is 69.9 Å². The van der Waals surface area contributed by atoms with Crippen LogP contribution < -0.4 is 0 Å². The summed E-state index contributed by atoms with van der Waals surface area (Å²) >= 11 is 0. The van der Waals surface area contributed by atoms with E-state index in [1.54, 1.807) is 55.2 Å². The Labute approximate surface area is 160 Å². The van der Waals surface area contributed by atoms with Crippen LogP contribution in [-0.4, -0.2) is 32.3 Å². The van der Waals surface area contributed by atoms with Gasteiger partial charge in [-0.15, -0.1) is 0 Å². The van der Waals surface area contributed by atoms with Gasteiger partial charge in [0.2, 0.25) is 0 Å². The standard InChI is InChI=1S/C21H17FN4O2/c1-3-28-21(27)17-11-18(14-5-4-10-23-12-14)24-20-19(17)13(2)25-26(20)16-8-6-15(22)7-9-16/h4-12H,3H2,1-2H3. The van der Waals surface area contributed by atoms with Crippen LogP contribution >= 0.6 is 0 Å². The van der Waals surface area contributed by atoms with Crippen LogP contribution in [0.25, 0.3) is 28.0 Å². The van der Waals surface area contributed by atoms with Crippen molar-refractivity contribution in [1.29, 1.82) is 0 Å². The zero-order valence-corrected chi connectivity index (χ0v) is 15.4. The van der Waals surface area contributed by atoms with Gasteiger partial charge in [-0.05, 0) is 56.3 Å². The van der Waals surface area contributed by atoms with Crippen LogP contribution in [-0.2, 0) is 4.74 Å². The van der Waals surface area contributed by atoms with E-state index >= 15 is 0 Å². The minimum absolute atomic E-state index is 0.260. The molecule has 0 aliphatic carbocycles. The fraction of sp³-hybridized carbons (Fsp3) is 0.143. The van der Waals surface area contributed by atoms with Crippen molar-refractivity contribution < 1.29 is 13.9 Å². The number of hydrogen-bond donors (Lipinski definition) is 0. The smallest absolute Gasteiger partial charge is 0.339 e. The predicted molar refractivity (Wildman–Crippen MR) is 103 cm³/mol. The van der Waals surface area contributed by atoms with Crippen molar-refractivity contribution in [2.75, 3.05) is 6.61 Å². The second-order valence-corrected chi connectivity index (χ2v) is 6.19. The fourth-order valence-corrected chi connectivity index (χ4v) is 3.08. The minimum atomic E-state index is -0.443. The summed E-state index contributed by atoms with van der Waals surface area (Å²) in [6.07, 6.45) is 3.34. The van der Waals surface area contributed by atoms with Gasteiger partial charge in [-0.1, -0.05) is 0 Å². The molecular weight excluding hydrogens is 359 g/mol. The van der Waals surface area contributed by atoms with Crippen LogP contribution in [0.3, 0.4) is 0 Å². The van der Waals surface area contributed by atoms with Gasteiger partial charge in [-0.3, -0.25) is 4.98 Å². The summed E-state index contributed by atoms with van der Waals surface area (Å²) in [6, 6.07) is 11.3. The molecule has 0 unspecified atom stereocenters. The minimum Gasteiger partial charge on any atom is -0.462 e. The fourth-order valence-electron chi connectivity index (χ4n) is 3.08. The van der Waals surface area contributed by atoms with Gasteiger partial charge in [0, 0.05) is 18.0 Å². The Morgan fingerprint density at radius 1 is 1.21 bits per heavy atom. The Morgan fingerprint density at radius 3 is 2.68 bits per heavy atom. The molecular formula is C21H17FN4O2. The molecule has 0 saturated carbocycles. The lowest BCUT2D eigenvalue weighted by molar-refractivity contribution is 0.0528. The molecule has 0 amide bonds. The molecule has 0 fully saturated rings. The Morgan fingerprint density at radius 2 is 2.00 bits per heavy atom. The molecule has 0 aliphatic heterocycles. The van der Waals surface area contributed by atoms with Crippen molar-refractivity contribution in [2.45, 2.75) is 13.8 Å². The van der Waals surface area contributed by atoms with Crippen molar-refractivity contribution >= 4 is 17.0 Å². The number of carbonyl (C=O) groups excluding carboxylic acids is 1. The van der Waals surface area contributed by atoms with Crippen molar-refractivity contribution in [3.8, 4) is 16.9 Å². The van der Waals surface area contributed by atoms with Gasteiger partial charge < -0.3 is 4.74 Å². The molecule has 0 atom stereocenters. The molecule has 0 saturated heterocycles. The maximum atomic E-state index is 13.3. The molecule has 4 aromatic rings. The summed E-state index contributed by atoms with van der Waals surface area (Å²) in [7, 11) is 0. The molecule has 0 N–H and O–H groups in total. The number of aromatic nitrogens is 4. The van der Waals surface area contributed by atoms with E-state index in [-0.39, 0.29) is 12.4 Å². The van der Waals surface area contributed by atoms with Gasteiger partial charge in [0.15, 0.2) is 5.65 Å². The van der Waals surface area contributed by atoms with E-state index < -0.39 is 5.97 Å². The largest absolute Gasteiger partial charge is 0.462 e. The highest BCUT2D eigenvalue weighted by atomic mass is 19.1. The highest BCUT2D eigenvalue weighted by Crippen LogP contribution is 2.29. The van der Waals surface area contributed by atoms with Crippen molar-refractivity contribution in [1.82, 2.24) is 19.7 Å². The number of rotatable bonds is 4. The van der Waals surface area contributed by atoms with E-state index in [9.17, 15) is 9.18 Å². The summed E-state index contributed by atoms with van der Waals surface area (Å²) in [5.41, 5.74) is 3.49. The second-order valence-electron chi connectivity index (χ2n) is 6.19. The number of hydrogen-bond acceptors (Lipinski definition) is 5. The Balaban J connectivity index is 2.01. The van der Waals surface area contributed by atoms with E-state index in [2.05, 4.69) is 10.1 Å². The first-order chi connectivity index (χ1) is 13.6. The third kappa shape index (κ3) is 3.11. The first-order valence-electron chi connectivity index (χ1n) is 8.82. The lowest BCUT2D eigenvalue weighted by Gasteiger charge is -2.09. The number of fused-ring (bicyclic) bond motifs is 1. The number of nitrogens with zero attached hydrogens (tertiary/aromatic N) is 4. The number of carbonyl (C=O) groups is 1. The monoisotopic (exact) mass is 376 g/mol. The van der Waals surface area contributed by atoms with Crippen LogP contribution in [0.2, 0.25) is 0 Å². The summed E-state index contributed by atoms with van der Waals surface area (Å²) in [5.74, 6) is -0.782. The molecule has 28 heavy (non-hydrogen) atoms. The molecule has 3 heterocycles. The predicted octanol–water partition coefficient (Wildman–Crippen LogP) is 4.11. The van der Waals surface area contributed by atoms with Crippen LogP contribution in [0.4, 0.5) is 4.39 Å². The lowest BCUT2D eigenvalue weighted by Crippen LogP contribution is -2.07. The molecule has 0 spiro atoms. The maximum absolute atomic E-state index is 13.3. The van der Waals surface area contributed by atoms with Crippen LogP contribution in [0.15, 0.2) is 54.9 Å². The molecule has 0 aliphatic rings. The SMILES string of the molecule is CCOC(=O)c1cc(-c2cccnc2)nc2c1c(C)nn2-c1ccc(F)cc1. The highest BCUT2D eigenvalue weighted by Gasteiger charge is 2.21. The van der Waals surface area contributed by atoms with Crippen molar-refractivity contribution in [3.63, 3.8) is 0 Å². The molecule has 3 aromatic heterocycles. The number of ether oxygens (including phenoxy) is 1. The highest BCUT2D eigenvalue weighted by molar-refractivity contribution is 6.05. The molecule has 6 nitrogen and oxygen atoms in total. The number of esters is 1. The van der Waals surface area contributed by atoms with E-state index in [0.29, 0.717) is 33.7 Å².